The van der Waals surface area contributed by atoms with Crippen molar-refractivity contribution < 1.29 is 4.79 Å². The zero-order chi connectivity index (χ0) is 13.9. The number of carbonyl (C=O) groups is 1. The van der Waals surface area contributed by atoms with E-state index < -0.39 is 0 Å². The number of carbonyl (C=O) groups excluding carboxylic acids is 1. The minimum absolute atomic E-state index is 0.300. The molecule has 0 amide bonds. The lowest BCUT2D eigenvalue weighted by molar-refractivity contribution is -0.117. The Kier molecular flexibility index (Phi) is 4.63. The van der Waals surface area contributed by atoms with E-state index in [9.17, 15) is 4.79 Å². The lowest BCUT2D eigenvalue weighted by Crippen LogP contribution is -2.33. The second-order valence-corrected chi connectivity index (χ2v) is 5.84. The van der Waals surface area contributed by atoms with Gasteiger partial charge in [-0.1, -0.05) is 42.5 Å². The molecule has 0 bridgehead atoms. The predicted octanol–water partition coefficient (Wildman–Crippen LogP) is 3.65. The molecule has 104 valence electrons. The number of halogens is 2. The molecular formula is C13H17Cl2N3O. The zero-order valence-electron chi connectivity index (χ0n) is 10.9. The Morgan fingerprint density at radius 2 is 1.79 bits per heavy atom. The topological polar surface area (TPSA) is 54.9 Å². The molecule has 4 nitrogen and oxygen atoms in total. The monoisotopic (exact) mass is 301 g/mol. The highest BCUT2D eigenvalue weighted by Gasteiger charge is 2.32. The first-order chi connectivity index (χ1) is 9.06. The van der Waals surface area contributed by atoms with Crippen LogP contribution in [0.1, 0.15) is 37.9 Å². The molecule has 0 aliphatic heterocycles. The molecule has 0 radical (unpaired) electrons. The standard InChI is InChI=1S/C13H17Cl2N3O/c1-9-17-11(14)10(12(15)18-9)16-7-13(8-19)5-3-2-4-6-13/h8,16H,2-7H2,1H3. The summed E-state index contributed by atoms with van der Waals surface area (Å²) in [6.45, 7) is 2.26. The molecule has 1 aromatic heterocycles. The molecular weight excluding hydrogens is 285 g/mol. The van der Waals surface area contributed by atoms with E-state index in [0.717, 1.165) is 32.0 Å². The van der Waals surface area contributed by atoms with E-state index in [1.165, 1.54) is 6.42 Å². The van der Waals surface area contributed by atoms with Crippen LogP contribution in [-0.4, -0.2) is 22.8 Å². The van der Waals surface area contributed by atoms with Crippen LogP contribution in [0.5, 0.6) is 0 Å². The smallest absolute Gasteiger partial charge is 0.157 e. The average molecular weight is 302 g/mol. The van der Waals surface area contributed by atoms with E-state index >= 15 is 0 Å². The van der Waals surface area contributed by atoms with Gasteiger partial charge in [0.1, 0.15) is 17.8 Å². The summed E-state index contributed by atoms with van der Waals surface area (Å²) in [5.74, 6) is 0.531. The fraction of sp³-hybridized carbons (Fsp3) is 0.615. The van der Waals surface area contributed by atoms with E-state index in [1.807, 2.05) is 0 Å². The Morgan fingerprint density at radius 3 is 2.32 bits per heavy atom. The Morgan fingerprint density at radius 1 is 1.21 bits per heavy atom. The third kappa shape index (κ3) is 3.37. The molecule has 1 heterocycles. The normalized spacial score (nSPS) is 18.1. The number of nitrogens with zero attached hydrogens (tertiary/aromatic N) is 2. The van der Waals surface area contributed by atoms with Crippen LogP contribution in [0.25, 0.3) is 0 Å². The second kappa shape index (κ2) is 6.06. The summed E-state index contributed by atoms with van der Waals surface area (Å²) in [5.41, 5.74) is 0.205. The lowest BCUT2D eigenvalue weighted by Gasteiger charge is -2.32. The van der Waals surface area contributed by atoms with Gasteiger partial charge in [0.25, 0.3) is 0 Å². The summed E-state index contributed by atoms with van der Waals surface area (Å²) in [7, 11) is 0. The van der Waals surface area contributed by atoms with Gasteiger partial charge in [-0.15, -0.1) is 0 Å². The van der Waals surface area contributed by atoms with Crippen LogP contribution in [0, 0.1) is 12.3 Å². The summed E-state index contributed by atoms with van der Waals surface area (Å²) >= 11 is 12.1. The first-order valence-electron chi connectivity index (χ1n) is 6.46. The van der Waals surface area contributed by atoms with Crippen LogP contribution in [0.4, 0.5) is 5.69 Å². The van der Waals surface area contributed by atoms with Gasteiger partial charge in [0, 0.05) is 12.0 Å². The summed E-state index contributed by atoms with van der Waals surface area (Å²) in [6.07, 6.45) is 6.26. The minimum atomic E-state index is -0.310. The molecule has 1 aliphatic rings. The van der Waals surface area contributed by atoms with Crippen molar-refractivity contribution in [1.29, 1.82) is 0 Å². The first-order valence-corrected chi connectivity index (χ1v) is 7.22. The number of anilines is 1. The molecule has 0 aromatic carbocycles. The van der Waals surface area contributed by atoms with Crippen molar-refractivity contribution in [3.8, 4) is 0 Å². The molecule has 2 rings (SSSR count). The van der Waals surface area contributed by atoms with Crippen molar-refractivity contribution in [1.82, 2.24) is 9.97 Å². The highest BCUT2D eigenvalue weighted by Crippen LogP contribution is 2.36. The molecule has 6 heteroatoms. The fourth-order valence-corrected chi connectivity index (χ4v) is 3.11. The highest BCUT2D eigenvalue weighted by molar-refractivity contribution is 6.37. The average Bonchev–Trinajstić information content (AvgIpc) is 2.38. The van der Waals surface area contributed by atoms with Gasteiger partial charge in [0.05, 0.1) is 0 Å². The SMILES string of the molecule is Cc1nc(Cl)c(NCC2(C=O)CCCCC2)c(Cl)n1. The van der Waals surface area contributed by atoms with Crippen LogP contribution in [0.2, 0.25) is 10.3 Å². The molecule has 0 saturated heterocycles. The highest BCUT2D eigenvalue weighted by atomic mass is 35.5. The summed E-state index contributed by atoms with van der Waals surface area (Å²) < 4.78 is 0. The van der Waals surface area contributed by atoms with Crippen LogP contribution in [-0.2, 0) is 4.79 Å². The largest absolute Gasteiger partial charge is 0.379 e. The van der Waals surface area contributed by atoms with Gasteiger partial charge in [-0.2, -0.15) is 0 Å². The van der Waals surface area contributed by atoms with E-state index in [2.05, 4.69) is 15.3 Å². The molecule has 1 aliphatic carbocycles. The maximum Gasteiger partial charge on any atom is 0.157 e. The Hall–Kier alpha value is -0.870. The zero-order valence-corrected chi connectivity index (χ0v) is 12.4. The van der Waals surface area contributed by atoms with Gasteiger partial charge in [0.15, 0.2) is 10.3 Å². The molecule has 1 aromatic rings. The summed E-state index contributed by atoms with van der Waals surface area (Å²) in [5, 5.41) is 3.75. The number of nitrogens with one attached hydrogen (secondary N) is 1. The molecule has 0 spiro atoms. The van der Waals surface area contributed by atoms with Crippen molar-refractivity contribution in [2.75, 3.05) is 11.9 Å². The van der Waals surface area contributed by atoms with E-state index in [-0.39, 0.29) is 5.41 Å². The second-order valence-electron chi connectivity index (χ2n) is 5.12. The number of hydrogen-bond acceptors (Lipinski definition) is 4. The van der Waals surface area contributed by atoms with Gasteiger partial charge < -0.3 is 10.1 Å². The predicted molar refractivity (Wildman–Crippen MR) is 76.9 cm³/mol. The van der Waals surface area contributed by atoms with Crippen LogP contribution in [0.3, 0.4) is 0 Å². The number of rotatable bonds is 4. The van der Waals surface area contributed by atoms with Gasteiger partial charge >= 0.3 is 0 Å². The molecule has 1 N–H and O–H groups in total. The van der Waals surface area contributed by atoms with Crippen molar-refractivity contribution in [3.63, 3.8) is 0 Å². The van der Waals surface area contributed by atoms with Crippen LogP contribution < -0.4 is 5.32 Å². The van der Waals surface area contributed by atoms with Crippen LogP contribution >= 0.6 is 23.2 Å². The first kappa shape index (κ1) is 14.5. The maximum atomic E-state index is 11.4. The summed E-state index contributed by atoms with van der Waals surface area (Å²) in [6, 6.07) is 0. The van der Waals surface area contributed by atoms with Gasteiger partial charge in [-0.05, 0) is 19.8 Å². The third-order valence-corrected chi connectivity index (χ3v) is 4.20. The van der Waals surface area contributed by atoms with E-state index in [4.69, 9.17) is 23.2 Å². The minimum Gasteiger partial charge on any atom is -0.379 e. The molecule has 0 atom stereocenters. The molecule has 19 heavy (non-hydrogen) atoms. The third-order valence-electron chi connectivity index (χ3n) is 3.65. The Labute approximate surface area is 122 Å². The van der Waals surface area contributed by atoms with E-state index in [1.54, 1.807) is 6.92 Å². The summed E-state index contributed by atoms with van der Waals surface area (Å²) in [4.78, 5) is 19.5. The van der Waals surface area contributed by atoms with Crippen molar-refractivity contribution in [2.45, 2.75) is 39.0 Å². The van der Waals surface area contributed by atoms with Crippen molar-refractivity contribution in [3.05, 3.63) is 16.1 Å². The number of aryl methyl sites for hydroxylation is 1. The number of aromatic nitrogens is 2. The fourth-order valence-electron chi connectivity index (χ4n) is 2.51. The molecule has 1 fully saturated rings. The lowest BCUT2D eigenvalue weighted by atomic mass is 9.75. The number of aldehydes is 1. The van der Waals surface area contributed by atoms with Gasteiger partial charge in [0.2, 0.25) is 0 Å². The van der Waals surface area contributed by atoms with Crippen molar-refractivity contribution >= 4 is 35.2 Å². The Bertz CT molecular complexity index is 450. The maximum absolute atomic E-state index is 11.4. The molecule has 1 saturated carbocycles. The number of hydrogen-bond donors (Lipinski definition) is 1. The quantitative estimate of drug-likeness (QED) is 0.681. The van der Waals surface area contributed by atoms with E-state index in [0.29, 0.717) is 28.4 Å². The van der Waals surface area contributed by atoms with Crippen molar-refractivity contribution in [2.24, 2.45) is 5.41 Å². The van der Waals surface area contributed by atoms with Gasteiger partial charge in [-0.25, -0.2) is 9.97 Å². The van der Waals surface area contributed by atoms with Gasteiger partial charge in [-0.3, -0.25) is 0 Å². The van der Waals surface area contributed by atoms with Crippen LogP contribution in [0.15, 0.2) is 0 Å². The molecule has 0 unspecified atom stereocenters. The Balaban J connectivity index is 2.11.